The molecule has 3 nitrogen and oxygen atoms in total. The number of carbonyl (C=O) groups is 1. The minimum atomic E-state index is -4.37. The van der Waals surface area contributed by atoms with Gasteiger partial charge in [0, 0.05) is 6.54 Å². The van der Waals surface area contributed by atoms with E-state index >= 15 is 0 Å². The molecule has 0 radical (unpaired) electrons. The first kappa shape index (κ1) is 19.8. The maximum absolute atomic E-state index is 12.6. The summed E-state index contributed by atoms with van der Waals surface area (Å²) in [5.41, 5.74) is 1.32. The Morgan fingerprint density at radius 1 is 1.08 bits per heavy atom. The average Bonchev–Trinajstić information content (AvgIpc) is 2.58. The molecular weight excluding hydrogens is 343 g/mol. The predicted octanol–water partition coefficient (Wildman–Crippen LogP) is 4.84. The quantitative estimate of drug-likeness (QED) is 0.795. The average molecular weight is 365 g/mol. The number of methoxy groups -OCH3 is 1. The van der Waals surface area contributed by atoms with Crippen LogP contribution in [0.3, 0.4) is 0 Å². The molecule has 26 heavy (non-hydrogen) atoms. The molecule has 1 N–H and O–H groups in total. The van der Waals surface area contributed by atoms with Gasteiger partial charge >= 0.3 is 6.18 Å². The second-order valence-electron chi connectivity index (χ2n) is 6.51. The Morgan fingerprint density at radius 3 is 2.23 bits per heavy atom. The van der Waals surface area contributed by atoms with E-state index in [9.17, 15) is 18.0 Å². The van der Waals surface area contributed by atoms with Crippen molar-refractivity contribution >= 4 is 5.91 Å². The maximum Gasteiger partial charge on any atom is 0.416 e. The first-order valence-electron chi connectivity index (χ1n) is 8.32. The molecule has 0 unspecified atom stereocenters. The first-order valence-corrected chi connectivity index (χ1v) is 8.32. The van der Waals surface area contributed by atoms with Gasteiger partial charge in [0.2, 0.25) is 0 Å². The van der Waals surface area contributed by atoms with E-state index in [2.05, 4.69) is 19.2 Å². The van der Waals surface area contributed by atoms with E-state index in [1.807, 2.05) is 6.07 Å². The monoisotopic (exact) mass is 365 g/mol. The van der Waals surface area contributed by atoms with Gasteiger partial charge in [0.15, 0.2) is 0 Å². The summed E-state index contributed by atoms with van der Waals surface area (Å²) in [6, 6.07) is 10.2. The molecule has 0 aliphatic heterocycles. The molecule has 0 aromatic heterocycles. The highest BCUT2D eigenvalue weighted by molar-refractivity contribution is 5.97. The zero-order valence-corrected chi connectivity index (χ0v) is 15.0. The Morgan fingerprint density at radius 2 is 1.69 bits per heavy atom. The number of alkyl halides is 3. The molecule has 6 heteroatoms. The van der Waals surface area contributed by atoms with Crippen molar-refractivity contribution in [1.29, 1.82) is 0 Å². The zero-order valence-electron chi connectivity index (χ0n) is 15.0. The van der Waals surface area contributed by atoms with Crippen LogP contribution >= 0.6 is 0 Å². The SMILES string of the molecule is COc1ccc(CC(C)C)cc1C(=O)NCc1ccc(C(F)(F)F)cc1. The van der Waals surface area contributed by atoms with E-state index in [-0.39, 0.29) is 12.5 Å². The summed E-state index contributed by atoms with van der Waals surface area (Å²) in [4.78, 5) is 12.5. The smallest absolute Gasteiger partial charge is 0.416 e. The number of nitrogens with one attached hydrogen (secondary N) is 1. The summed E-state index contributed by atoms with van der Waals surface area (Å²) in [5, 5.41) is 2.73. The molecule has 2 aromatic rings. The number of halogens is 3. The van der Waals surface area contributed by atoms with Crippen LogP contribution in [0, 0.1) is 5.92 Å². The minimum absolute atomic E-state index is 0.133. The van der Waals surface area contributed by atoms with Gasteiger partial charge in [-0.3, -0.25) is 4.79 Å². The molecular formula is C20H22F3NO2. The number of hydrogen-bond acceptors (Lipinski definition) is 2. The van der Waals surface area contributed by atoms with Crippen LogP contribution in [0.15, 0.2) is 42.5 Å². The van der Waals surface area contributed by atoms with Gasteiger partial charge in [0.1, 0.15) is 5.75 Å². The molecule has 0 atom stereocenters. The number of ether oxygens (including phenoxy) is 1. The van der Waals surface area contributed by atoms with Crippen LogP contribution in [0.25, 0.3) is 0 Å². The number of rotatable bonds is 6. The van der Waals surface area contributed by atoms with Gasteiger partial charge < -0.3 is 10.1 Å². The Kier molecular flexibility index (Phi) is 6.29. The molecule has 2 rings (SSSR count). The minimum Gasteiger partial charge on any atom is -0.496 e. The van der Waals surface area contributed by atoms with Gasteiger partial charge in [0.05, 0.1) is 18.2 Å². The van der Waals surface area contributed by atoms with Crippen LogP contribution in [0.2, 0.25) is 0 Å². The normalized spacial score (nSPS) is 11.5. The number of hydrogen-bond donors (Lipinski definition) is 1. The Bertz CT molecular complexity index is 753. The van der Waals surface area contributed by atoms with Crippen LogP contribution in [-0.4, -0.2) is 13.0 Å². The molecule has 140 valence electrons. The Balaban J connectivity index is 2.09. The van der Waals surface area contributed by atoms with Crippen molar-refractivity contribution in [3.8, 4) is 5.75 Å². The number of benzene rings is 2. The third-order valence-corrected chi connectivity index (χ3v) is 3.89. The van der Waals surface area contributed by atoms with Gasteiger partial charge in [-0.25, -0.2) is 0 Å². The van der Waals surface area contributed by atoms with E-state index in [1.165, 1.54) is 19.2 Å². The number of amides is 1. The molecule has 0 fully saturated rings. The molecule has 0 saturated heterocycles. The molecule has 0 heterocycles. The fourth-order valence-corrected chi connectivity index (χ4v) is 2.62. The fraction of sp³-hybridized carbons (Fsp3) is 0.350. The fourth-order valence-electron chi connectivity index (χ4n) is 2.62. The first-order chi connectivity index (χ1) is 12.2. The van der Waals surface area contributed by atoms with E-state index in [0.717, 1.165) is 24.1 Å². The third kappa shape index (κ3) is 5.25. The molecule has 1 amide bonds. The standard InChI is InChI=1S/C20H22F3NO2/c1-13(2)10-15-6-9-18(26-3)17(11-15)19(25)24-12-14-4-7-16(8-5-14)20(21,22)23/h4-9,11,13H,10,12H2,1-3H3,(H,24,25). The lowest BCUT2D eigenvalue weighted by Crippen LogP contribution is -2.23. The summed E-state index contributed by atoms with van der Waals surface area (Å²) in [6.45, 7) is 4.32. The summed E-state index contributed by atoms with van der Waals surface area (Å²) < 4.78 is 43.0. The van der Waals surface area contributed by atoms with E-state index < -0.39 is 11.7 Å². The second-order valence-corrected chi connectivity index (χ2v) is 6.51. The number of carbonyl (C=O) groups excluding carboxylic acids is 1. The van der Waals surface area contributed by atoms with Crippen molar-refractivity contribution in [2.75, 3.05) is 7.11 Å². The van der Waals surface area contributed by atoms with Crippen molar-refractivity contribution in [3.05, 3.63) is 64.7 Å². The van der Waals surface area contributed by atoms with Crippen molar-refractivity contribution in [3.63, 3.8) is 0 Å². The van der Waals surface area contributed by atoms with Crippen LogP contribution in [0.1, 0.15) is 40.9 Å². The zero-order chi connectivity index (χ0) is 19.3. The Labute approximate surface area is 151 Å². The van der Waals surface area contributed by atoms with Crippen LogP contribution < -0.4 is 10.1 Å². The molecule has 0 spiro atoms. The van der Waals surface area contributed by atoms with Gasteiger partial charge in [-0.1, -0.05) is 32.0 Å². The predicted molar refractivity (Wildman–Crippen MR) is 94.2 cm³/mol. The highest BCUT2D eigenvalue weighted by Crippen LogP contribution is 2.29. The van der Waals surface area contributed by atoms with Crippen LogP contribution in [0.4, 0.5) is 13.2 Å². The maximum atomic E-state index is 12.6. The third-order valence-electron chi connectivity index (χ3n) is 3.89. The second kappa shape index (κ2) is 8.25. The van der Waals surface area contributed by atoms with Gasteiger partial charge in [0.25, 0.3) is 5.91 Å². The summed E-state index contributed by atoms with van der Waals surface area (Å²) in [6.07, 6.45) is -3.53. The van der Waals surface area contributed by atoms with Crippen molar-refractivity contribution in [2.45, 2.75) is 33.0 Å². The molecule has 2 aromatic carbocycles. The Hall–Kier alpha value is -2.50. The molecule has 0 aliphatic carbocycles. The van der Waals surface area contributed by atoms with E-state index in [0.29, 0.717) is 22.8 Å². The molecule has 0 saturated carbocycles. The topological polar surface area (TPSA) is 38.3 Å². The lowest BCUT2D eigenvalue weighted by molar-refractivity contribution is -0.137. The van der Waals surface area contributed by atoms with E-state index in [4.69, 9.17) is 4.74 Å². The van der Waals surface area contributed by atoms with E-state index in [1.54, 1.807) is 12.1 Å². The summed E-state index contributed by atoms with van der Waals surface area (Å²) in [7, 11) is 1.49. The highest BCUT2D eigenvalue weighted by Gasteiger charge is 2.29. The lowest BCUT2D eigenvalue weighted by atomic mass is 10.00. The van der Waals surface area contributed by atoms with Gasteiger partial charge in [-0.05, 0) is 47.7 Å². The van der Waals surface area contributed by atoms with Crippen molar-refractivity contribution in [2.24, 2.45) is 5.92 Å². The highest BCUT2D eigenvalue weighted by atomic mass is 19.4. The van der Waals surface area contributed by atoms with Crippen LogP contribution in [-0.2, 0) is 19.1 Å². The van der Waals surface area contributed by atoms with Crippen LogP contribution in [0.5, 0.6) is 5.75 Å². The van der Waals surface area contributed by atoms with Gasteiger partial charge in [-0.2, -0.15) is 13.2 Å². The molecule has 0 aliphatic rings. The summed E-state index contributed by atoms with van der Waals surface area (Å²) >= 11 is 0. The van der Waals surface area contributed by atoms with Gasteiger partial charge in [-0.15, -0.1) is 0 Å². The van der Waals surface area contributed by atoms with Crippen molar-refractivity contribution < 1.29 is 22.7 Å². The van der Waals surface area contributed by atoms with Crippen molar-refractivity contribution in [1.82, 2.24) is 5.32 Å². The summed E-state index contributed by atoms with van der Waals surface area (Å²) in [5.74, 6) is 0.584. The lowest BCUT2D eigenvalue weighted by Gasteiger charge is -2.13. The molecule has 0 bridgehead atoms. The largest absolute Gasteiger partial charge is 0.496 e.